The molecule has 1 aromatic rings. The summed E-state index contributed by atoms with van der Waals surface area (Å²) in [5, 5.41) is 14.3. The van der Waals surface area contributed by atoms with Gasteiger partial charge in [-0.05, 0) is 18.1 Å². The highest BCUT2D eigenvalue weighted by atomic mass is 16.4. The van der Waals surface area contributed by atoms with Crippen molar-refractivity contribution in [1.82, 2.24) is 5.32 Å². The van der Waals surface area contributed by atoms with Crippen LogP contribution < -0.4 is 10.6 Å². The Morgan fingerprint density at radius 3 is 2.60 bits per heavy atom. The molecule has 0 aliphatic heterocycles. The fourth-order valence-electron chi connectivity index (χ4n) is 1.88. The number of anilines is 1. The van der Waals surface area contributed by atoms with Crippen LogP contribution in [0.4, 0.5) is 10.5 Å². The normalized spacial score (nSPS) is 10.1. The van der Waals surface area contributed by atoms with Gasteiger partial charge in [0.25, 0.3) is 0 Å². The summed E-state index contributed by atoms with van der Waals surface area (Å²) in [7, 11) is 0. The number of amides is 2. The number of unbranched alkanes of at least 4 members (excludes halogenated alkanes) is 3. The molecule has 0 aromatic heterocycles. The molecule has 0 atom stereocenters. The van der Waals surface area contributed by atoms with Gasteiger partial charge in [-0.3, -0.25) is 4.79 Å². The average molecular weight is 278 g/mol. The summed E-state index contributed by atoms with van der Waals surface area (Å²) >= 11 is 0. The van der Waals surface area contributed by atoms with Crippen LogP contribution in [-0.2, 0) is 11.2 Å². The van der Waals surface area contributed by atoms with Crippen LogP contribution in [0.5, 0.6) is 0 Å². The van der Waals surface area contributed by atoms with Gasteiger partial charge >= 0.3 is 12.0 Å². The van der Waals surface area contributed by atoms with Crippen LogP contribution in [0.15, 0.2) is 24.3 Å². The van der Waals surface area contributed by atoms with Crippen LogP contribution in [0.2, 0.25) is 0 Å². The van der Waals surface area contributed by atoms with E-state index in [1.165, 1.54) is 6.42 Å². The number of carboxylic acid groups (broad SMARTS) is 1. The van der Waals surface area contributed by atoms with Gasteiger partial charge in [-0.1, -0.05) is 44.4 Å². The van der Waals surface area contributed by atoms with Crippen LogP contribution in [-0.4, -0.2) is 23.7 Å². The lowest BCUT2D eigenvalue weighted by Gasteiger charge is -2.10. The van der Waals surface area contributed by atoms with Crippen LogP contribution in [0.1, 0.15) is 38.2 Å². The molecule has 0 spiro atoms. The van der Waals surface area contributed by atoms with Gasteiger partial charge in [0.05, 0.1) is 6.42 Å². The molecule has 0 saturated carbocycles. The molecule has 0 aliphatic rings. The molecule has 0 radical (unpaired) electrons. The number of benzene rings is 1. The number of urea groups is 1. The number of carboxylic acids is 1. The highest BCUT2D eigenvalue weighted by Crippen LogP contribution is 2.15. The lowest BCUT2D eigenvalue weighted by molar-refractivity contribution is -0.136. The summed E-state index contributed by atoms with van der Waals surface area (Å²) in [5.74, 6) is -0.917. The van der Waals surface area contributed by atoms with Crippen molar-refractivity contribution >= 4 is 17.7 Å². The van der Waals surface area contributed by atoms with Gasteiger partial charge in [-0.25, -0.2) is 4.79 Å². The maximum Gasteiger partial charge on any atom is 0.319 e. The number of hydrogen-bond donors (Lipinski definition) is 3. The number of aliphatic carboxylic acids is 1. The Morgan fingerprint density at radius 1 is 1.15 bits per heavy atom. The first kappa shape index (κ1) is 16.0. The second kappa shape index (κ2) is 8.96. The molecule has 3 N–H and O–H groups in total. The zero-order valence-corrected chi connectivity index (χ0v) is 11.8. The second-order valence-corrected chi connectivity index (χ2v) is 4.67. The summed E-state index contributed by atoms with van der Waals surface area (Å²) in [6.07, 6.45) is 4.29. The molecule has 0 unspecified atom stereocenters. The van der Waals surface area contributed by atoms with E-state index in [9.17, 15) is 9.59 Å². The van der Waals surface area contributed by atoms with Crippen molar-refractivity contribution in [1.29, 1.82) is 0 Å². The third-order valence-corrected chi connectivity index (χ3v) is 2.92. The van der Waals surface area contributed by atoms with Crippen molar-refractivity contribution in [3.8, 4) is 0 Å². The van der Waals surface area contributed by atoms with Gasteiger partial charge < -0.3 is 15.7 Å². The average Bonchev–Trinajstić information content (AvgIpc) is 2.40. The van der Waals surface area contributed by atoms with Gasteiger partial charge in [0.2, 0.25) is 0 Å². The molecule has 0 aliphatic carbocycles. The second-order valence-electron chi connectivity index (χ2n) is 4.67. The van der Waals surface area contributed by atoms with E-state index < -0.39 is 5.97 Å². The van der Waals surface area contributed by atoms with Crippen molar-refractivity contribution in [3.63, 3.8) is 0 Å². The molecule has 5 nitrogen and oxygen atoms in total. The molecule has 0 bridgehead atoms. The standard InChI is InChI=1S/C15H22N2O3/c1-2-3-4-7-10-16-15(20)17-13-9-6-5-8-12(13)11-14(18)19/h5-6,8-9H,2-4,7,10-11H2,1H3,(H,18,19)(H2,16,17,20). The van der Waals surface area contributed by atoms with Gasteiger partial charge in [0.1, 0.15) is 0 Å². The van der Waals surface area contributed by atoms with Crippen molar-refractivity contribution in [3.05, 3.63) is 29.8 Å². The third-order valence-electron chi connectivity index (χ3n) is 2.92. The van der Waals surface area contributed by atoms with E-state index in [1.54, 1.807) is 24.3 Å². The first-order chi connectivity index (χ1) is 9.63. The molecule has 20 heavy (non-hydrogen) atoms. The Morgan fingerprint density at radius 2 is 1.90 bits per heavy atom. The minimum absolute atomic E-state index is 0.104. The maximum atomic E-state index is 11.7. The van der Waals surface area contributed by atoms with Crippen LogP contribution >= 0.6 is 0 Å². The van der Waals surface area contributed by atoms with Gasteiger partial charge in [-0.15, -0.1) is 0 Å². The Bertz CT molecular complexity index is 446. The first-order valence-electron chi connectivity index (χ1n) is 6.98. The monoisotopic (exact) mass is 278 g/mol. The van der Waals surface area contributed by atoms with E-state index in [1.807, 2.05) is 0 Å². The van der Waals surface area contributed by atoms with Crippen molar-refractivity contribution < 1.29 is 14.7 Å². The predicted octanol–water partition coefficient (Wildman–Crippen LogP) is 3.02. The number of carbonyl (C=O) groups excluding carboxylic acids is 1. The zero-order chi connectivity index (χ0) is 14.8. The molecule has 5 heteroatoms. The van der Waals surface area contributed by atoms with E-state index in [-0.39, 0.29) is 12.5 Å². The molecular weight excluding hydrogens is 256 g/mol. The van der Waals surface area contributed by atoms with Gasteiger partial charge in [0.15, 0.2) is 0 Å². The van der Waals surface area contributed by atoms with E-state index >= 15 is 0 Å². The number of carbonyl (C=O) groups is 2. The number of nitrogens with one attached hydrogen (secondary N) is 2. The molecule has 1 rings (SSSR count). The fraction of sp³-hybridized carbons (Fsp3) is 0.467. The topological polar surface area (TPSA) is 78.4 Å². The van der Waals surface area contributed by atoms with Crippen molar-refractivity contribution in [2.24, 2.45) is 0 Å². The van der Waals surface area contributed by atoms with E-state index in [4.69, 9.17) is 5.11 Å². The molecule has 0 fully saturated rings. The van der Waals surface area contributed by atoms with Crippen LogP contribution in [0, 0.1) is 0 Å². The molecule has 0 saturated heterocycles. The minimum atomic E-state index is -0.917. The number of rotatable bonds is 8. The Balaban J connectivity index is 2.43. The molecule has 110 valence electrons. The van der Waals surface area contributed by atoms with E-state index in [0.29, 0.717) is 17.8 Å². The third kappa shape index (κ3) is 6.22. The van der Waals surface area contributed by atoms with E-state index in [2.05, 4.69) is 17.6 Å². The molecule has 0 heterocycles. The number of para-hydroxylation sites is 1. The SMILES string of the molecule is CCCCCCNC(=O)Nc1ccccc1CC(=O)O. The van der Waals surface area contributed by atoms with E-state index in [0.717, 1.165) is 19.3 Å². The summed E-state index contributed by atoms with van der Waals surface area (Å²) in [4.78, 5) is 22.5. The smallest absolute Gasteiger partial charge is 0.319 e. The molecular formula is C15H22N2O3. The summed E-state index contributed by atoms with van der Waals surface area (Å²) in [6, 6.07) is 6.63. The summed E-state index contributed by atoms with van der Waals surface area (Å²) in [6.45, 7) is 2.77. The highest BCUT2D eigenvalue weighted by Gasteiger charge is 2.08. The Kier molecular flexibility index (Phi) is 7.17. The van der Waals surface area contributed by atoms with Crippen LogP contribution in [0.3, 0.4) is 0 Å². The lowest BCUT2D eigenvalue weighted by atomic mass is 10.1. The van der Waals surface area contributed by atoms with Gasteiger partial charge in [-0.2, -0.15) is 0 Å². The maximum absolute atomic E-state index is 11.7. The van der Waals surface area contributed by atoms with Crippen LogP contribution in [0.25, 0.3) is 0 Å². The fourth-order valence-corrected chi connectivity index (χ4v) is 1.88. The minimum Gasteiger partial charge on any atom is -0.481 e. The molecule has 1 aromatic carbocycles. The lowest BCUT2D eigenvalue weighted by Crippen LogP contribution is -2.30. The molecule has 2 amide bonds. The first-order valence-corrected chi connectivity index (χ1v) is 6.98. The van der Waals surface area contributed by atoms with Crippen molar-refractivity contribution in [2.45, 2.75) is 39.0 Å². The number of hydrogen-bond acceptors (Lipinski definition) is 2. The quantitative estimate of drug-likeness (QED) is 0.640. The Hall–Kier alpha value is -2.04. The summed E-state index contributed by atoms with van der Waals surface area (Å²) in [5.41, 5.74) is 1.14. The zero-order valence-electron chi connectivity index (χ0n) is 11.8. The largest absolute Gasteiger partial charge is 0.481 e. The summed E-state index contributed by atoms with van der Waals surface area (Å²) < 4.78 is 0. The Labute approximate surface area is 119 Å². The van der Waals surface area contributed by atoms with Crippen molar-refractivity contribution in [2.75, 3.05) is 11.9 Å². The highest BCUT2D eigenvalue weighted by molar-refractivity contribution is 5.90. The predicted molar refractivity (Wildman–Crippen MR) is 78.9 cm³/mol. The van der Waals surface area contributed by atoms with Gasteiger partial charge in [0, 0.05) is 12.2 Å².